The first-order chi connectivity index (χ1) is 14.3. The van der Waals surface area contributed by atoms with E-state index in [-0.39, 0.29) is 10.1 Å². The van der Waals surface area contributed by atoms with Crippen LogP contribution in [0.2, 0.25) is 5.02 Å². The number of nitrogens with zero attached hydrogens (tertiary/aromatic N) is 1. The molecule has 0 unspecified atom stereocenters. The topological polar surface area (TPSA) is 115 Å². The SMILES string of the molecule is NS(=O)(=O)c1ccc(-c2ccc(C=C3SC(=O)NC3=Nc3ccc(Cl)cc3)o2)cc1. The Hall–Kier alpha value is -2.85. The van der Waals surface area contributed by atoms with Crippen LogP contribution in [0.15, 0.2) is 79.9 Å². The van der Waals surface area contributed by atoms with Crippen molar-refractivity contribution in [2.45, 2.75) is 4.90 Å². The van der Waals surface area contributed by atoms with Crippen LogP contribution in [0.3, 0.4) is 0 Å². The van der Waals surface area contributed by atoms with Gasteiger partial charge in [-0.15, -0.1) is 0 Å². The van der Waals surface area contributed by atoms with E-state index in [0.717, 1.165) is 11.8 Å². The fraction of sp³-hybridized carbons (Fsp3) is 0. The van der Waals surface area contributed by atoms with E-state index in [2.05, 4.69) is 10.3 Å². The van der Waals surface area contributed by atoms with Gasteiger partial charge in [0.15, 0.2) is 0 Å². The van der Waals surface area contributed by atoms with Crippen LogP contribution < -0.4 is 10.5 Å². The number of amides is 1. The van der Waals surface area contributed by atoms with Crippen molar-refractivity contribution < 1.29 is 17.6 Å². The molecule has 0 atom stereocenters. The second-order valence-electron chi connectivity index (χ2n) is 6.23. The van der Waals surface area contributed by atoms with Gasteiger partial charge in [-0.2, -0.15) is 0 Å². The number of hydrogen-bond acceptors (Lipinski definition) is 6. The van der Waals surface area contributed by atoms with Crippen LogP contribution in [0.25, 0.3) is 17.4 Å². The number of carbonyl (C=O) groups excluding carboxylic acids is 1. The number of amidine groups is 1. The molecule has 4 rings (SSSR count). The molecular weight excluding hydrogens is 446 g/mol. The van der Waals surface area contributed by atoms with Gasteiger partial charge in [0.2, 0.25) is 10.0 Å². The summed E-state index contributed by atoms with van der Waals surface area (Å²) >= 11 is 6.90. The maximum atomic E-state index is 11.9. The summed E-state index contributed by atoms with van der Waals surface area (Å²) in [4.78, 5) is 16.9. The molecule has 1 amide bonds. The minimum Gasteiger partial charge on any atom is -0.457 e. The summed E-state index contributed by atoms with van der Waals surface area (Å²) in [7, 11) is -3.75. The van der Waals surface area contributed by atoms with Gasteiger partial charge < -0.3 is 9.73 Å². The number of furan rings is 1. The maximum absolute atomic E-state index is 11.9. The number of benzene rings is 2. The highest BCUT2D eigenvalue weighted by atomic mass is 35.5. The molecule has 0 radical (unpaired) electrons. The van der Waals surface area contributed by atoms with Gasteiger partial charge in [-0.3, -0.25) is 4.79 Å². The third kappa shape index (κ3) is 4.65. The van der Waals surface area contributed by atoms with E-state index in [1.54, 1.807) is 54.6 Å². The lowest BCUT2D eigenvalue weighted by Gasteiger charge is -2.01. The van der Waals surface area contributed by atoms with E-state index < -0.39 is 10.0 Å². The number of nitrogens with two attached hydrogens (primary N) is 1. The van der Waals surface area contributed by atoms with Crippen molar-refractivity contribution in [3.63, 3.8) is 0 Å². The molecular formula is C20H14ClN3O4S2. The van der Waals surface area contributed by atoms with Gasteiger partial charge in [0.1, 0.15) is 17.4 Å². The predicted octanol–water partition coefficient (Wildman–Crippen LogP) is 4.77. The highest BCUT2D eigenvalue weighted by Crippen LogP contribution is 2.31. The number of hydrogen-bond donors (Lipinski definition) is 2. The lowest BCUT2D eigenvalue weighted by molar-refractivity contribution is 0.265. The molecule has 2 heterocycles. The molecule has 1 aliphatic rings. The molecule has 0 bridgehead atoms. The van der Waals surface area contributed by atoms with Crippen LogP contribution in [0.5, 0.6) is 0 Å². The number of primary sulfonamides is 1. The number of rotatable bonds is 4. The first kappa shape index (κ1) is 20.4. The van der Waals surface area contributed by atoms with Gasteiger partial charge in [0.25, 0.3) is 5.24 Å². The van der Waals surface area contributed by atoms with Crippen LogP contribution in [0, 0.1) is 0 Å². The van der Waals surface area contributed by atoms with E-state index >= 15 is 0 Å². The van der Waals surface area contributed by atoms with Crippen LogP contribution in [-0.2, 0) is 10.0 Å². The second-order valence-corrected chi connectivity index (χ2v) is 9.24. The summed E-state index contributed by atoms with van der Waals surface area (Å²) in [6.07, 6.45) is 1.71. The standard InChI is InChI=1S/C20H14ClN3O4S2/c21-13-3-5-14(6-4-13)23-19-18(29-20(25)24-19)11-15-7-10-17(28-15)12-1-8-16(9-2-12)30(22,26)27/h1-11H,(H2,22,26,27)(H,23,24,25). The molecule has 30 heavy (non-hydrogen) atoms. The fourth-order valence-corrected chi connectivity index (χ4v) is 4.04. The lowest BCUT2D eigenvalue weighted by atomic mass is 10.2. The molecule has 152 valence electrons. The van der Waals surface area contributed by atoms with Gasteiger partial charge in [-0.25, -0.2) is 18.5 Å². The first-order valence-electron chi connectivity index (χ1n) is 8.56. The molecule has 0 saturated carbocycles. The molecule has 7 nitrogen and oxygen atoms in total. The van der Waals surface area contributed by atoms with E-state index in [9.17, 15) is 13.2 Å². The van der Waals surface area contributed by atoms with Crippen LogP contribution >= 0.6 is 23.4 Å². The first-order valence-corrected chi connectivity index (χ1v) is 11.3. The predicted molar refractivity (Wildman–Crippen MR) is 118 cm³/mol. The van der Waals surface area contributed by atoms with Crippen molar-refractivity contribution in [2.75, 3.05) is 0 Å². The highest BCUT2D eigenvalue weighted by molar-refractivity contribution is 8.18. The summed E-state index contributed by atoms with van der Waals surface area (Å²) in [6.45, 7) is 0. The monoisotopic (exact) mass is 459 g/mol. The van der Waals surface area contributed by atoms with E-state index in [1.807, 2.05) is 0 Å². The number of nitrogens with one attached hydrogen (secondary N) is 1. The Labute approximate surface area is 181 Å². The Bertz CT molecular complexity index is 1280. The highest BCUT2D eigenvalue weighted by Gasteiger charge is 2.24. The third-order valence-electron chi connectivity index (χ3n) is 4.09. The Balaban J connectivity index is 1.60. The van der Waals surface area contributed by atoms with Crippen LogP contribution in [0.1, 0.15) is 5.76 Å². The number of halogens is 1. The Kier molecular flexibility index (Phi) is 5.52. The second kappa shape index (κ2) is 8.11. The molecule has 1 saturated heterocycles. The van der Waals surface area contributed by atoms with E-state index in [4.69, 9.17) is 21.2 Å². The normalized spacial score (nSPS) is 16.9. The zero-order valence-electron chi connectivity index (χ0n) is 15.2. The molecule has 10 heteroatoms. The van der Waals surface area contributed by atoms with Crippen molar-refractivity contribution in [1.29, 1.82) is 0 Å². The Morgan fingerprint density at radius 3 is 2.40 bits per heavy atom. The summed E-state index contributed by atoms with van der Waals surface area (Å²) < 4.78 is 28.6. The van der Waals surface area contributed by atoms with E-state index in [0.29, 0.717) is 38.5 Å². The van der Waals surface area contributed by atoms with Crippen LogP contribution in [0.4, 0.5) is 10.5 Å². The maximum Gasteiger partial charge on any atom is 0.289 e. The zero-order valence-corrected chi connectivity index (χ0v) is 17.6. The molecule has 1 fully saturated rings. The van der Waals surface area contributed by atoms with Crippen molar-refractivity contribution in [3.05, 3.63) is 76.4 Å². The summed E-state index contributed by atoms with van der Waals surface area (Å²) in [6, 6.07) is 16.5. The largest absolute Gasteiger partial charge is 0.457 e. The average Bonchev–Trinajstić information content (AvgIpc) is 3.30. The number of aliphatic imine (C=N–C) groups is 1. The van der Waals surface area contributed by atoms with Gasteiger partial charge in [-0.1, -0.05) is 11.6 Å². The molecule has 1 aromatic heterocycles. The summed E-state index contributed by atoms with van der Waals surface area (Å²) in [5.74, 6) is 1.48. The summed E-state index contributed by atoms with van der Waals surface area (Å²) in [5, 5.41) is 8.18. The van der Waals surface area contributed by atoms with Crippen molar-refractivity contribution in [2.24, 2.45) is 10.1 Å². The van der Waals surface area contributed by atoms with Crippen molar-refractivity contribution >= 4 is 56.2 Å². The number of thioether (sulfide) groups is 1. The minimum atomic E-state index is -3.75. The zero-order chi connectivity index (χ0) is 21.3. The lowest BCUT2D eigenvalue weighted by Crippen LogP contribution is -2.18. The van der Waals surface area contributed by atoms with Gasteiger partial charge in [0, 0.05) is 10.6 Å². The fourth-order valence-electron chi connectivity index (χ4n) is 2.68. The quantitative estimate of drug-likeness (QED) is 0.582. The summed E-state index contributed by atoms with van der Waals surface area (Å²) in [5.41, 5.74) is 1.34. The third-order valence-corrected chi connectivity index (χ3v) is 6.09. The molecule has 0 aliphatic carbocycles. The molecule has 3 N–H and O–H groups in total. The van der Waals surface area contributed by atoms with E-state index in [1.165, 1.54) is 12.1 Å². The van der Waals surface area contributed by atoms with Gasteiger partial charge in [-0.05, 0) is 78.5 Å². The minimum absolute atomic E-state index is 0.0233. The number of sulfonamides is 1. The van der Waals surface area contributed by atoms with Gasteiger partial charge >= 0.3 is 0 Å². The van der Waals surface area contributed by atoms with Gasteiger partial charge in [0.05, 0.1) is 15.5 Å². The average molecular weight is 460 g/mol. The van der Waals surface area contributed by atoms with Crippen molar-refractivity contribution in [3.8, 4) is 11.3 Å². The van der Waals surface area contributed by atoms with Crippen LogP contribution in [-0.4, -0.2) is 19.5 Å². The molecule has 1 aliphatic heterocycles. The Morgan fingerprint density at radius 1 is 1.03 bits per heavy atom. The smallest absolute Gasteiger partial charge is 0.289 e. The molecule has 3 aromatic rings. The molecule has 0 spiro atoms. The molecule has 2 aromatic carbocycles. The Morgan fingerprint density at radius 2 is 1.73 bits per heavy atom. The number of carbonyl (C=O) groups is 1. The van der Waals surface area contributed by atoms with Crippen molar-refractivity contribution in [1.82, 2.24) is 5.32 Å².